The van der Waals surface area contributed by atoms with Crippen molar-refractivity contribution in [1.82, 2.24) is 5.32 Å². The van der Waals surface area contributed by atoms with E-state index in [1.54, 1.807) is 6.08 Å². The van der Waals surface area contributed by atoms with Crippen LogP contribution in [0.4, 0.5) is 0 Å². The molecule has 1 saturated heterocycles. The monoisotopic (exact) mass is 784 g/mol. The van der Waals surface area contributed by atoms with E-state index in [1.807, 2.05) is 6.08 Å². The maximum atomic E-state index is 12.9. The van der Waals surface area contributed by atoms with Crippen molar-refractivity contribution in [2.75, 3.05) is 13.2 Å². The van der Waals surface area contributed by atoms with E-state index in [9.17, 15) is 30.3 Å². The second kappa shape index (κ2) is 37.2. The predicted octanol–water partition coefficient (Wildman–Crippen LogP) is 9.73. The first-order valence-corrected chi connectivity index (χ1v) is 23.4. The first-order valence-electron chi connectivity index (χ1n) is 23.4. The molecule has 0 spiro atoms. The van der Waals surface area contributed by atoms with Crippen molar-refractivity contribution in [3.63, 3.8) is 0 Å². The van der Waals surface area contributed by atoms with Gasteiger partial charge in [0.05, 0.1) is 25.4 Å². The second-order valence-electron chi connectivity index (χ2n) is 16.6. The molecule has 1 fully saturated rings. The van der Waals surface area contributed by atoms with Gasteiger partial charge < -0.3 is 40.3 Å². The summed E-state index contributed by atoms with van der Waals surface area (Å²) in [5, 5.41) is 54.2. The van der Waals surface area contributed by atoms with E-state index >= 15 is 0 Å². The first kappa shape index (κ1) is 51.9. The third-order valence-electron chi connectivity index (χ3n) is 11.4. The zero-order valence-electron chi connectivity index (χ0n) is 35.7. The molecule has 0 aromatic heterocycles. The molecule has 0 saturated carbocycles. The molecule has 1 rings (SSSR count). The van der Waals surface area contributed by atoms with E-state index in [4.69, 9.17) is 9.47 Å². The summed E-state index contributed by atoms with van der Waals surface area (Å²) in [5.41, 5.74) is 0. The van der Waals surface area contributed by atoms with E-state index in [-0.39, 0.29) is 12.5 Å². The standard InChI is InChI=1S/C46H89NO8/c1-3-5-7-9-11-13-15-17-18-19-20-21-22-24-26-28-30-32-34-36-42(50)47-39(38-54-46-45(53)44(52)43(51)41(37-48)55-46)40(49)35-33-31-29-27-25-23-16-14-12-10-8-6-4-2/h33,35,39-41,43-46,48-49,51-53H,3-32,34,36-38H2,1-2H3,(H,47,50)/b35-33+/t39-,40+,41+,43+,44?,45?,46+/m0/s1. The molecule has 326 valence electrons. The molecule has 0 aliphatic carbocycles. The molecule has 1 amide bonds. The lowest BCUT2D eigenvalue weighted by Gasteiger charge is -2.40. The molecular weight excluding hydrogens is 695 g/mol. The fourth-order valence-corrected chi connectivity index (χ4v) is 7.57. The van der Waals surface area contributed by atoms with Crippen LogP contribution in [0.2, 0.25) is 0 Å². The Bertz CT molecular complexity index is 873. The Balaban J connectivity index is 2.31. The Morgan fingerprint density at radius 2 is 1.00 bits per heavy atom. The van der Waals surface area contributed by atoms with Gasteiger partial charge in [0.2, 0.25) is 5.91 Å². The summed E-state index contributed by atoms with van der Waals surface area (Å²) in [4.78, 5) is 12.9. The van der Waals surface area contributed by atoms with Crippen molar-refractivity contribution < 1.29 is 39.8 Å². The van der Waals surface area contributed by atoms with Gasteiger partial charge in [-0.05, 0) is 19.3 Å². The smallest absolute Gasteiger partial charge is 0.220 e. The van der Waals surface area contributed by atoms with E-state index in [2.05, 4.69) is 19.2 Å². The molecule has 9 nitrogen and oxygen atoms in total. The number of rotatable bonds is 39. The lowest BCUT2D eigenvalue weighted by atomic mass is 9.99. The number of ether oxygens (including phenoxy) is 2. The molecule has 9 heteroatoms. The largest absolute Gasteiger partial charge is 0.394 e. The second-order valence-corrected chi connectivity index (χ2v) is 16.6. The van der Waals surface area contributed by atoms with Gasteiger partial charge in [0.1, 0.15) is 24.4 Å². The highest BCUT2D eigenvalue weighted by molar-refractivity contribution is 5.76. The highest BCUT2D eigenvalue weighted by atomic mass is 16.7. The molecule has 0 bridgehead atoms. The summed E-state index contributed by atoms with van der Waals surface area (Å²) in [6, 6.07) is -0.797. The number of hydrogen-bond donors (Lipinski definition) is 6. The van der Waals surface area contributed by atoms with Gasteiger partial charge in [0.15, 0.2) is 6.29 Å². The Labute approximate surface area is 337 Å². The van der Waals surface area contributed by atoms with Crippen LogP contribution >= 0.6 is 0 Å². The first-order chi connectivity index (χ1) is 26.8. The van der Waals surface area contributed by atoms with Crippen molar-refractivity contribution in [3.05, 3.63) is 12.2 Å². The third kappa shape index (κ3) is 28.1. The summed E-state index contributed by atoms with van der Waals surface area (Å²) in [7, 11) is 0. The number of unbranched alkanes of at least 4 members (excludes halogenated alkanes) is 29. The van der Waals surface area contributed by atoms with Gasteiger partial charge in [-0.3, -0.25) is 4.79 Å². The van der Waals surface area contributed by atoms with E-state index < -0.39 is 49.5 Å². The lowest BCUT2D eigenvalue weighted by molar-refractivity contribution is -0.302. The molecule has 1 aliphatic rings. The average molecular weight is 784 g/mol. The number of allylic oxidation sites excluding steroid dienone is 1. The maximum Gasteiger partial charge on any atom is 0.220 e. The number of carbonyl (C=O) groups excluding carboxylic acids is 1. The Morgan fingerprint density at radius 1 is 0.600 bits per heavy atom. The fourth-order valence-electron chi connectivity index (χ4n) is 7.57. The molecule has 55 heavy (non-hydrogen) atoms. The number of aliphatic hydroxyl groups excluding tert-OH is 5. The Kier molecular flexibility index (Phi) is 35.2. The quantitative estimate of drug-likeness (QED) is 0.0267. The van der Waals surface area contributed by atoms with Gasteiger partial charge in [0, 0.05) is 6.42 Å². The zero-order valence-corrected chi connectivity index (χ0v) is 35.7. The zero-order chi connectivity index (χ0) is 40.2. The Hall–Kier alpha value is -1.07. The van der Waals surface area contributed by atoms with Crippen LogP contribution in [0.25, 0.3) is 0 Å². The molecule has 7 atom stereocenters. The molecule has 0 aromatic carbocycles. The van der Waals surface area contributed by atoms with Crippen LogP contribution in [0.3, 0.4) is 0 Å². The molecule has 1 heterocycles. The van der Waals surface area contributed by atoms with Crippen molar-refractivity contribution in [2.24, 2.45) is 0 Å². The maximum absolute atomic E-state index is 12.9. The minimum absolute atomic E-state index is 0.174. The topological polar surface area (TPSA) is 149 Å². The summed E-state index contributed by atoms with van der Waals surface area (Å²) < 4.78 is 11.2. The van der Waals surface area contributed by atoms with Gasteiger partial charge in [-0.2, -0.15) is 0 Å². The molecule has 2 unspecified atom stereocenters. The van der Waals surface area contributed by atoms with Crippen LogP contribution in [0, 0.1) is 0 Å². The summed E-state index contributed by atoms with van der Waals surface area (Å²) in [5.74, 6) is -0.174. The van der Waals surface area contributed by atoms with Crippen LogP contribution in [0.15, 0.2) is 12.2 Å². The summed E-state index contributed by atoms with van der Waals surface area (Å²) >= 11 is 0. The van der Waals surface area contributed by atoms with Crippen LogP contribution in [0.5, 0.6) is 0 Å². The number of amides is 1. The number of hydrogen-bond acceptors (Lipinski definition) is 8. The third-order valence-corrected chi connectivity index (χ3v) is 11.4. The van der Waals surface area contributed by atoms with Gasteiger partial charge >= 0.3 is 0 Å². The van der Waals surface area contributed by atoms with E-state index in [1.165, 1.54) is 161 Å². The Morgan fingerprint density at radius 3 is 1.42 bits per heavy atom. The fraction of sp³-hybridized carbons (Fsp3) is 0.935. The SMILES string of the molecule is CCCCCCCCCCCCC/C=C/[C@@H](O)[C@H](CO[C@@H]1O[C@H](CO)[C@@H](O)C(O)C1O)NC(=O)CCCCCCCCCCCCCCCCCCCCC. The van der Waals surface area contributed by atoms with Gasteiger partial charge in [-0.1, -0.05) is 206 Å². The van der Waals surface area contributed by atoms with Crippen LogP contribution in [-0.2, 0) is 14.3 Å². The van der Waals surface area contributed by atoms with Crippen molar-refractivity contribution in [1.29, 1.82) is 0 Å². The van der Waals surface area contributed by atoms with E-state index in [0.29, 0.717) is 6.42 Å². The van der Waals surface area contributed by atoms with Crippen LogP contribution < -0.4 is 5.32 Å². The minimum atomic E-state index is -1.56. The molecular formula is C46H89NO8. The van der Waals surface area contributed by atoms with Gasteiger partial charge in [-0.15, -0.1) is 0 Å². The minimum Gasteiger partial charge on any atom is -0.394 e. The number of carbonyl (C=O) groups is 1. The lowest BCUT2D eigenvalue weighted by Crippen LogP contribution is -2.60. The number of nitrogens with one attached hydrogen (secondary N) is 1. The van der Waals surface area contributed by atoms with Crippen molar-refractivity contribution in [3.8, 4) is 0 Å². The molecule has 6 N–H and O–H groups in total. The molecule has 0 aromatic rings. The van der Waals surface area contributed by atoms with Gasteiger partial charge in [0.25, 0.3) is 0 Å². The van der Waals surface area contributed by atoms with Gasteiger partial charge in [-0.25, -0.2) is 0 Å². The van der Waals surface area contributed by atoms with Crippen LogP contribution in [0.1, 0.15) is 219 Å². The van der Waals surface area contributed by atoms with Crippen LogP contribution in [-0.4, -0.2) is 87.5 Å². The number of aliphatic hydroxyl groups is 5. The normalized spacial score (nSPS) is 21.3. The molecule has 0 radical (unpaired) electrons. The van der Waals surface area contributed by atoms with E-state index in [0.717, 1.165) is 38.5 Å². The molecule has 1 aliphatic heterocycles. The highest BCUT2D eigenvalue weighted by Crippen LogP contribution is 2.23. The van der Waals surface area contributed by atoms with Crippen molar-refractivity contribution in [2.45, 2.75) is 262 Å². The summed E-state index contributed by atoms with van der Waals surface area (Å²) in [6.45, 7) is 3.78. The predicted molar refractivity (Wildman–Crippen MR) is 226 cm³/mol. The average Bonchev–Trinajstić information content (AvgIpc) is 3.18. The van der Waals surface area contributed by atoms with Crippen molar-refractivity contribution >= 4 is 5.91 Å². The highest BCUT2D eigenvalue weighted by Gasteiger charge is 2.44. The summed E-state index contributed by atoms with van der Waals surface area (Å²) in [6.07, 6.45) is 35.4.